The predicted octanol–water partition coefficient (Wildman–Crippen LogP) is 0.720. The van der Waals surface area contributed by atoms with Gasteiger partial charge >= 0.3 is 5.97 Å². The smallest absolute Gasteiger partial charge is 0.328 e. The number of aliphatic carboxylic acids is 1. The van der Waals surface area contributed by atoms with Crippen molar-refractivity contribution in [1.82, 2.24) is 4.90 Å². The maximum Gasteiger partial charge on any atom is 0.328 e. The van der Waals surface area contributed by atoms with Crippen LogP contribution in [-0.2, 0) is 4.79 Å². The zero-order chi connectivity index (χ0) is 11.4. The summed E-state index contributed by atoms with van der Waals surface area (Å²) in [6.45, 7) is 6.12. The number of nitrogens with zero attached hydrogens (tertiary/aromatic N) is 1. The lowest BCUT2D eigenvalue weighted by atomic mass is 9.97. The third-order valence-corrected chi connectivity index (χ3v) is 2.56. The Kier molecular flexibility index (Phi) is 4.29. The van der Waals surface area contributed by atoms with E-state index in [9.17, 15) is 9.90 Å². The largest absolute Gasteiger partial charge is 0.478 e. The number of aliphatic hydroxyl groups excluding tert-OH is 1. The molecule has 0 unspecified atom stereocenters. The molecule has 0 aliphatic carbocycles. The Morgan fingerprint density at radius 3 is 2.73 bits per heavy atom. The Hall–Kier alpha value is -0.870. The topological polar surface area (TPSA) is 60.8 Å². The van der Waals surface area contributed by atoms with Crippen molar-refractivity contribution in [1.29, 1.82) is 0 Å². The van der Waals surface area contributed by atoms with Gasteiger partial charge in [0, 0.05) is 25.7 Å². The fourth-order valence-electron chi connectivity index (χ4n) is 2.17. The van der Waals surface area contributed by atoms with E-state index in [1.165, 1.54) is 6.08 Å². The Morgan fingerprint density at radius 2 is 2.20 bits per heavy atom. The lowest BCUT2D eigenvalue weighted by Crippen LogP contribution is -2.42. The van der Waals surface area contributed by atoms with Crippen LogP contribution in [0.4, 0.5) is 0 Å². The van der Waals surface area contributed by atoms with E-state index in [-0.39, 0.29) is 6.10 Å². The number of β-amino-alcohol motifs (C(OH)–C–C–N with tert-alkyl or cyclic N) is 1. The number of carbonyl (C=O) groups is 1. The maximum absolute atomic E-state index is 10.4. The number of rotatable bonds is 3. The second kappa shape index (κ2) is 5.28. The monoisotopic (exact) mass is 213 g/mol. The third-order valence-electron chi connectivity index (χ3n) is 2.56. The minimum absolute atomic E-state index is 0.272. The first kappa shape index (κ1) is 12.2. The molecule has 0 saturated carbocycles. The standard InChI is InChI=1S/C11H19NO3/c1-8-3-10(13)7-12(5-8)6-9(2)4-11(14)15/h4,8,10,13H,3,5-7H2,1-2H3,(H,14,15)/b9-4+/t8-,10+/m1/s1. The molecule has 0 spiro atoms. The number of carboxylic acid groups (broad SMARTS) is 1. The van der Waals surface area contributed by atoms with Crippen molar-refractivity contribution < 1.29 is 15.0 Å². The quantitative estimate of drug-likeness (QED) is 0.678. The van der Waals surface area contributed by atoms with Gasteiger partial charge in [0.15, 0.2) is 0 Å². The summed E-state index contributed by atoms with van der Waals surface area (Å²) in [5.41, 5.74) is 0.823. The van der Waals surface area contributed by atoms with Gasteiger partial charge < -0.3 is 10.2 Å². The van der Waals surface area contributed by atoms with Crippen molar-refractivity contribution in [3.63, 3.8) is 0 Å². The molecular weight excluding hydrogens is 194 g/mol. The van der Waals surface area contributed by atoms with Gasteiger partial charge in [-0.2, -0.15) is 0 Å². The summed E-state index contributed by atoms with van der Waals surface area (Å²) in [6.07, 6.45) is 1.80. The van der Waals surface area contributed by atoms with E-state index in [1.807, 2.05) is 0 Å². The molecule has 2 N–H and O–H groups in total. The van der Waals surface area contributed by atoms with Gasteiger partial charge in [-0.15, -0.1) is 0 Å². The number of hydrogen-bond donors (Lipinski definition) is 2. The van der Waals surface area contributed by atoms with Gasteiger partial charge in [-0.05, 0) is 19.3 Å². The molecule has 1 aliphatic heterocycles. The van der Waals surface area contributed by atoms with E-state index in [0.717, 1.165) is 18.5 Å². The van der Waals surface area contributed by atoms with Gasteiger partial charge in [-0.1, -0.05) is 12.5 Å². The van der Waals surface area contributed by atoms with Crippen LogP contribution in [0.1, 0.15) is 20.3 Å². The van der Waals surface area contributed by atoms with Crippen molar-refractivity contribution in [2.75, 3.05) is 19.6 Å². The van der Waals surface area contributed by atoms with Gasteiger partial charge in [-0.25, -0.2) is 4.79 Å². The van der Waals surface area contributed by atoms with Crippen molar-refractivity contribution in [2.45, 2.75) is 26.4 Å². The number of piperidine rings is 1. The summed E-state index contributed by atoms with van der Waals surface area (Å²) in [7, 11) is 0. The average Bonchev–Trinajstić information content (AvgIpc) is 1.98. The van der Waals surface area contributed by atoms with Crippen LogP contribution >= 0.6 is 0 Å². The number of carboxylic acids is 1. The molecule has 15 heavy (non-hydrogen) atoms. The summed E-state index contributed by atoms with van der Waals surface area (Å²) in [6, 6.07) is 0. The number of hydrogen-bond acceptors (Lipinski definition) is 3. The van der Waals surface area contributed by atoms with Crippen LogP contribution in [0.15, 0.2) is 11.6 Å². The van der Waals surface area contributed by atoms with Gasteiger partial charge in [0.1, 0.15) is 0 Å². The van der Waals surface area contributed by atoms with Crippen LogP contribution in [0.3, 0.4) is 0 Å². The van der Waals surface area contributed by atoms with Crippen LogP contribution in [-0.4, -0.2) is 46.8 Å². The molecule has 1 fully saturated rings. The van der Waals surface area contributed by atoms with Crippen molar-refractivity contribution in [2.24, 2.45) is 5.92 Å². The summed E-state index contributed by atoms with van der Waals surface area (Å²) >= 11 is 0. The van der Waals surface area contributed by atoms with Gasteiger partial charge in [-0.3, -0.25) is 4.90 Å². The van der Waals surface area contributed by atoms with E-state index in [2.05, 4.69) is 11.8 Å². The maximum atomic E-state index is 10.4. The van der Waals surface area contributed by atoms with Crippen LogP contribution in [0.2, 0.25) is 0 Å². The molecular formula is C11H19NO3. The molecule has 1 rings (SSSR count). The first-order valence-corrected chi connectivity index (χ1v) is 5.28. The molecule has 0 amide bonds. The van der Waals surface area contributed by atoms with Crippen molar-refractivity contribution >= 4 is 5.97 Å². The molecule has 0 radical (unpaired) electrons. The molecule has 2 atom stereocenters. The fraction of sp³-hybridized carbons (Fsp3) is 0.727. The molecule has 0 bridgehead atoms. The van der Waals surface area contributed by atoms with Crippen LogP contribution in [0.5, 0.6) is 0 Å². The van der Waals surface area contributed by atoms with Crippen molar-refractivity contribution in [3.05, 3.63) is 11.6 Å². The SMILES string of the molecule is C/C(=C\C(=O)O)CN1C[C@H](C)C[C@H](O)C1. The fourth-order valence-corrected chi connectivity index (χ4v) is 2.17. The van der Waals surface area contributed by atoms with Crippen LogP contribution in [0.25, 0.3) is 0 Å². The minimum atomic E-state index is -0.905. The molecule has 0 aromatic heterocycles. The Balaban J connectivity index is 2.47. The highest BCUT2D eigenvalue weighted by atomic mass is 16.4. The van der Waals surface area contributed by atoms with Gasteiger partial charge in [0.05, 0.1) is 6.10 Å². The molecule has 1 aliphatic rings. The zero-order valence-electron chi connectivity index (χ0n) is 9.31. The Bertz CT molecular complexity index is 253. The van der Waals surface area contributed by atoms with Crippen molar-refractivity contribution in [3.8, 4) is 0 Å². The van der Waals surface area contributed by atoms with Crippen LogP contribution in [0, 0.1) is 5.92 Å². The first-order chi connectivity index (χ1) is 6.97. The van der Waals surface area contributed by atoms with E-state index in [0.29, 0.717) is 19.0 Å². The highest BCUT2D eigenvalue weighted by Gasteiger charge is 2.22. The molecule has 4 nitrogen and oxygen atoms in total. The lowest BCUT2D eigenvalue weighted by molar-refractivity contribution is -0.131. The molecule has 0 aromatic carbocycles. The lowest BCUT2D eigenvalue weighted by Gasteiger charge is -2.34. The highest BCUT2D eigenvalue weighted by molar-refractivity contribution is 5.80. The second-order valence-corrected chi connectivity index (χ2v) is 4.52. The second-order valence-electron chi connectivity index (χ2n) is 4.52. The molecule has 1 saturated heterocycles. The van der Waals surface area contributed by atoms with E-state index < -0.39 is 5.97 Å². The van der Waals surface area contributed by atoms with Gasteiger partial charge in [0.2, 0.25) is 0 Å². The van der Waals surface area contributed by atoms with E-state index >= 15 is 0 Å². The zero-order valence-corrected chi connectivity index (χ0v) is 9.31. The first-order valence-electron chi connectivity index (χ1n) is 5.28. The molecule has 86 valence electrons. The highest BCUT2D eigenvalue weighted by Crippen LogP contribution is 2.16. The number of likely N-dealkylation sites (tertiary alicyclic amines) is 1. The summed E-state index contributed by atoms with van der Waals surface area (Å²) in [4.78, 5) is 12.5. The Labute approximate surface area is 90.2 Å². The normalized spacial score (nSPS) is 29.1. The molecule has 1 heterocycles. The predicted molar refractivity (Wildman–Crippen MR) is 57.6 cm³/mol. The van der Waals surface area contributed by atoms with Crippen LogP contribution < -0.4 is 0 Å². The molecule has 4 heteroatoms. The minimum Gasteiger partial charge on any atom is -0.478 e. The van der Waals surface area contributed by atoms with E-state index in [1.54, 1.807) is 6.92 Å². The Morgan fingerprint density at radius 1 is 1.53 bits per heavy atom. The summed E-state index contributed by atoms with van der Waals surface area (Å²) in [5.74, 6) is -0.426. The number of aliphatic hydroxyl groups is 1. The average molecular weight is 213 g/mol. The third kappa shape index (κ3) is 4.44. The molecule has 0 aromatic rings. The summed E-state index contributed by atoms with van der Waals surface area (Å²) < 4.78 is 0. The summed E-state index contributed by atoms with van der Waals surface area (Å²) in [5, 5.41) is 18.1. The van der Waals surface area contributed by atoms with Gasteiger partial charge in [0.25, 0.3) is 0 Å². The van der Waals surface area contributed by atoms with E-state index in [4.69, 9.17) is 5.11 Å².